The number of hydrogen-bond donors (Lipinski definition) is 0. The van der Waals surface area contributed by atoms with Gasteiger partial charge in [-0.1, -0.05) is 36.6 Å². The first-order valence-electron chi connectivity index (χ1n) is 5.84. The lowest BCUT2D eigenvalue weighted by Crippen LogP contribution is -2.00. The second-order valence-electron chi connectivity index (χ2n) is 4.55. The smallest absolute Gasteiger partial charge is 0.124 e. The van der Waals surface area contributed by atoms with Crippen LogP contribution in [0.3, 0.4) is 0 Å². The van der Waals surface area contributed by atoms with Gasteiger partial charge >= 0.3 is 0 Å². The van der Waals surface area contributed by atoms with Gasteiger partial charge in [0.25, 0.3) is 0 Å². The van der Waals surface area contributed by atoms with Gasteiger partial charge in [0.05, 0.1) is 0 Å². The highest BCUT2D eigenvalue weighted by Gasteiger charge is 2.19. The molecule has 0 amide bonds. The topological polar surface area (TPSA) is 17.1 Å². The van der Waals surface area contributed by atoms with Gasteiger partial charge in [-0.05, 0) is 36.8 Å². The Balaban J connectivity index is 2.32. The van der Waals surface area contributed by atoms with E-state index in [2.05, 4.69) is 25.1 Å². The zero-order valence-corrected chi connectivity index (χ0v) is 9.33. The Morgan fingerprint density at radius 3 is 2.73 bits per heavy atom. The monoisotopic (exact) mass is 202 g/mol. The Labute approximate surface area is 91.5 Å². The molecule has 0 bridgehead atoms. The van der Waals surface area contributed by atoms with Gasteiger partial charge in [0.1, 0.15) is 6.29 Å². The summed E-state index contributed by atoms with van der Waals surface area (Å²) in [7, 11) is 0. The van der Waals surface area contributed by atoms with Crippen molar-refractivity contribution in [2.45, 2.75) is 44.9 Å². The maximum atomic E-state index is 10.6. The van der Waals surface area contributed by atoms with E-state index in [0.717, 1.165) is 6.29 Å². The van der Waals surface area contributed by atoms with Crippen LogP contribution in [0.2, 0.25) is 0 Å². The summed E-state index contributed by atoms with van der Waals surface area (Å²) < 4.78 is 0. The molecule has 1 aliphatic rings. The fraction of sp³-hybridized carbons (Fsp3) is 0.500. The molecule has 0 radical (unpaired) electrons. The summed E-state index contributed by atoms with van der Waals surface area (Å²) in [6.07, 6.45) is 6.89. The summed E-state index contributed by atoms with van der Waals surface area (Å²) in [6, 6.07) is 6.50. The summed E-state index contributed by atoms with van der Waals surface area (Å²) >= 11 is 0. The van der Waals surface area contributed by atoms with Gasteiger partial charge in [-0.25, -0.2) is 0 Å². The van der Waals surface area contributed by atoms with Crippen molar-refractivity contribution < 1.29 is 4.79 Å². The van der Waals surface area contributed by atoms with E-state index in [1.807, 2.05) is 0 Å². The average Bonchev–Trinajstić information content (AvgIpc) is 2.74. The first-order chi connectivity index (χ1) is 7.31. The molecule has 0 unspecified atom stereocenters. The van der Waals surface area contributed by atoms with E-state index < -0.39 is 0 Å². The molecule has 80 valence electrons. The molecule has 0 saturated heterocycles. The largest absolute Gasteiger partial charge is 0.303 e. The van der Waals surface area contributed by atoms with Crippen LogP contribution >= 0.6 is 0 Å². The van der Waals surface area contributed by atoms with Gasteiger partial charge in [-0.15, -0.1) is 0 Å². The highest BCUT2D eigenvalue weighted by molar-refractivity contribution is 5.57. The molecule has 0 N–H and O–H groups in total. The first-order valence-corrected chi connectivity index (χ1v) is 5.84. The lowest BCUT2D eigenvalue weighted by atomic mass is 9.90. The number of rotatable bonds is 3. The number of aldehydes is 1. The minimum atomic E-state index is 0.576. The van der Waals surface area contributed by atoms with Gasteiger partial charge in [0.2, 0.25) is 0 Å². The molecule has 15 heavy (non-hydrogen) atoms. The summed E-state index contributed by atoms with van der Waals surface area (Å²) in [5.74, 6) is 0.708. The van der Waals surface area contributed by atoms with Crippen LogP contribution in [0.25, 0.3) is 0 Å². The Kier molecular flexibility index (Phi) is 3.20. The molecule has 1 aromatic rings. The number of aryl methyl sites for hydroxylation is 1. The fourth-order valence-electron chi connectivity index (χ4n) is 2.61. The Bertz CT molecular complexity index is 348. The van der Waals surface area contributed by atoms with Crippen molar-refractivity contribution in [1.29, 1.82) is 0 Å². The van der Waals surface area contributed by atoms with Crippen molar-refractivity contribution in [2.75, 3.05) is 0 Å². The highest BCUT2D eigenvalue weighted by atomic mass is 16.1. The molecular formula is C14H18O. The molecule has 1 fully saturated rings. The van der Waals surface area contributed by atoms with E-state index in [4.69, 9.17) is 0 Å². The lowest BCUT2D eigenvalue weighted by molar-refractivity contribution is -0.107. The predicted molar refractivity (Wildman–Crippen MR) is 62.2 cm³/mol. The van der Waals surface area contributed by atoms with E-state index in [1.54, 1.807) is 0 Å². The van der Waals surface area contributed by atoms with E-state index >= 15 is 0 Å². The Hall–Kier alpha value is -1.11. The van der Waals surface area contributed by atoms with Crippen LogP contribution in [0, 0.1) is 6.92 Å². The van der Waals surface area contributed by atoms with Crippen molar-refractivity contribution in [3.8, 4) is 0 Å². The molecule has 1 nitrogen and oxygen atoms in total. The normalized spacial score (nSPS) is 16.9. The Morgan fingerprint density at radius 2 is 2.07 bits per heavy atom. The molecular weight excluding hydrogens is 184 g/mol. The van der Waals surface area contributed by atoms with E-state index in [0.29, 0.717) is 12.3 Å². The maximum Gasteiger partial charge on any atom is 0.124 e. The molecule has 1 heteroatoms. The minimum absolute atomic E-state index is 0.576. The second kappa shape index (κ2) is 4.61. The second-order valence-corrected chi connectivity index (χ2v) is 4.55. The van der Waals surface area contributed by atoms with Gasteiger partial charge in [0.15, 0.2) is 0 Å². The minimum Gasteiger partial charge on any atom is -0.303 e. The van der Waals surface area contributed by atoms with Gasteiger partial charge in [-0.3, -0.25) is 0 Å². The number of carbonyl (C=O) groups is 1. The standard InChI is InChI=1S/C14H18O/c1-11-6-7-13(8-9-15)14(10-11)12-4-2-3-5-12/h6-7,9-10,12H,2-5,8H2,1H3. The molecule has 0 atom stereocenters. The first kappa shape index (κ1) is 10.4. The summed E-state index contributed by atoms with van der Waals surface area (Å²) in [4.78, 5) is 10.6. The van der Waals surface area contributed by atoms with Crippen LogP contribution in [0.15, 0.2) is 18.2 Å². The number of hydrogen-bond acceptors (Lipinski definition) is 1. The molecule has 0 spiro atoms. The van der Waals surface area contributed by atoms with Crippen LogP contribution < -0.4 is 0 Å². The Morgan fingerprint density at radius 1 is 1.33 bits per heavy atom. The van der Waals surface area contributed by atoms with Crippen molar-refractivity contribution in [3.05, 3.63) is 34.9 Å². The van der Waals surface area contributed by atoms with Crippen LogP contribution in [0.4, 0.5) is 0 Å². The van der Waals surface area contributed by atoms with Crippen LogP contribution in [-0.4, -0.2) is 6.29 Å². The lowest BCUT2D eigenvalue weighted by Gasteiger charge is -2.14. The summed E-state index contributed by atoms with van der Waals surface area (Å²) in [5, 5.41) is 0. The zero-order chi connectivity index (χ0) is 10.7. The van der Waals surface area contributed by atoms with E-state index in [-0.39, 0.29) is 0 Å². The van der Waals surface area contributed by atoms with E-state index in [1.165, 1.54) is 42.4 Å². The molecule has 0 aromatic heterocycles. The SMILES string of the molecule is Cc1ccc(CC=O)c(C2CCCC2)c1. The third-order valence-corrected chi connectivity index (χ3v) is 3.40. The van der Waals surface area contributed by atoms with Crippen molar-refractivity contribution >= 4 is 6.29 Å². The molecule has 1 saturated carbocycles. The molecule has 2 rings (SSSR count). The van der Waals surface area contributed by atoms with Crippen molar-refractivity contribution in [2.24, 2.45) is 0 Å². The summed E-state index contributed by atoms with van der Waals surface area (Å²) in [6.45, 7) is 2.13. The number of benzene rings is 1. The summed E-state index contributed by atoms with van der Waals surface area (Å²) in [5.41, 5.74) is 3.98. The third-order valence-electron chi connectivity index (χ3n) is 3.40. The van der Waals surface area contributed by atoms with Gasteiger partial charge in [-0.2, -0.15) is 0 Å². The van der Waals surface area contributed by atoms with Gasteiger partial charge in [0, 0.05) is 6.42 Å². The van der Waals surface area contributed by atoms with Crippen LogP contribution in [0.1, 0.15) is 48.3 Å². The molecule has 1 aliphatic carbocycles. The number of carbonyl (C=O) groups excluding carboxylic acids is 1. The van der Waals surface area contributed by atoms with E-state index in [9.17, 15) is 4.79 Å². The maximum absolute atomic E-state index is 10.6. The quantitative estimate of drug-likeness (QED) is 0.687. The zero-order valence-electron chi connectivity index (χ0n) is 9.33. The van der Waals surface area contributed by atoms with Crippen molar-refractivity contribution in [1.82, 2.24) is 0 Å². The molecule has 1 aromatic carbocycles. The highest BCUT2D eigenvalue weighted by Crippen LogP contribution is 2.36. The third kappa shape index (κ3) is 2.28. The molecule has 0 heterocycles. The predicted octanol–water partition coefficient (Wildman–Crippen LogP) is 3.39. The fourth-order valence-corrected chi connectivity index (χ4v) is 2.61. The average molecular weight is 202 g/mol. The van der Waals surface area contributed by atoms with Gasteiger partial charge < -0.3 is 4.79 Å². The van der Waals surface area contributed by atoms with Crippen molar-refractivity contribution in [3.63, 3.8) is 0 Å². The van der Waals surface area contributed by atoms with Crippen LogP contribution in [0.5, 0.6) is 0 Å². The molecule has 0 aliphatic heterocycles. The van der Waals surface area contributed by atoms with Crippen LogP contribution in [-0.2, 0) is 11.2 Å².